The van der Waals surface area contributed by atoms with Crippen LogP contribution in [0.1, 0.15) is 11.1 Å². The van der Waals surface area contributed by atoms with Crippen LogP contribution in [-0.2, 0) is 11.5 Å². The topological polar surface area (TPSA) is 0 Å². The molecule has 19 heavy (non-hydrogen) atoms. The Kier molecular flexibility index (Phi) is 7.23. The second-order valence-electron chi connectivity index (χ2n) is 3.85. The zero-order valence-corrected chi connectivity index (χ0v) is 15.6. The van der Waals surface area contributed by atoms with Crippen LogP contribution in [-0.4, -0.2) is 0 Å². The molecule has 5 heteroatoms. The highest BCUT2D eigenvalue weighted by Crippen LogP contribution is 2.38. The predicted octanol–water partition coefficient (Wildman–Crippen LogP) is 6.94. The normalized spacial score (nSPS) is 10.6. The van der Waals surface area contributed by atoms with Crippen LogP contribution < -0.4 is 0 Å². The quantitative estimate of drug-likeness (QED) is 0.356. The third-order valence-electron chi connectivity index (χ3n) is 2.37. The maximum Gasteiger partial charge on any atom is 0.0296 e. The van der Waals surface area contributed by atoms with Gasteiger partial charge in [0.25, 0.3) is 0 Å². The van der Waals surface area contributed by atoms with Gasteiger partial charge in [0.15, 0.2) is 0 Å². The van der Waals surface area contributed by atoms with E-state index in [0.29, 0.717) is 0 Å². The maximum absolute atomic E-state index is 3.45. The molecule has 0 aliphatic carbocycles. The van der Waals surface area contributed by atoms with Gasteiger partial charge in [-0.3, -0.25) is 0 Å². The van der Waals surface area contributed by atoms with Crippen molar-refractivity contribution < 1.29 is 0 Å². The second-order valence-corrected chi connectivity index (χ2v) is 9.91. The van der Waals surface area contributed by atoms with Crippen LogP contribution in [0.3, 0.4) is 0 Å². The van der Waals surface area contributed by atoms with Gasteiger partial charge in [0, 0.05) is 20.5 Å². The molecule has 0 nitrogen and oxygen atoms in total. The van der Waals surface area contributed by atoms with Crippen molar-refractivity contribution in [2.24, 2.45) is 0 Å². The molecule has 0 N–H and O–H groups in total. The molecule has 0 saturated heterocycles. The van der Waals surface area contributed by atoms with Crippen molar-refractivity contribution in [3.05, 3.63) is 68.6 Å². The highest BCUT2D eigenvalue weighted by molar-refractivity contribution is 9.11. The Bertz CT molecular complexity index is 450. The first-order valence-corrected chi connectivity index (χ1v) is 11.0. The van der Waals surface area contributed by atoms with Gasteiger partial charge in [-0.25, -0.2) is 0 Å². The van der Waals surface area contributed by atoms with Gasteiger partial charge in [-0.15, -0.1) is 0 Å². The molecule has 0 heterocycles. The van der Waals surface area contributed by atoms with E-state index >= 15 is 0 Å². The summed E-state index contributed by atoms with van der Waals surface area (Å²) in [6.07, 6.45) is 0. The Balaban J connectivity index is 1.64. The molecular weight excluding hydrogens is 424 g/mol. The summed E-state index contributed by atoms with van der Waals surface area (Å²) in [6, 6.07) is 17.0. The summed E-state index contributed by atoms with van der Waals surface area (Å²) in [5, 5.41) is 0. The lowest BCUT2D eigenvalue weighted by Gasteiger charge is -2.02. The number of rotatable bonds is 6. The molecule has 100 valence electrons. The average molecular weight is 436 g/mol. The zero-order chi connectivity index (χ0) is 13.5. The van der Waals surface area contributed by atoms with Crippen LogP contribution in [0.4, 0.5) is 0 Å². The third-order valence-corrected chi connectivity index (χ3v) is 7.54. The number of benzene rings is 2. The van der Waals surface area contributed by atoms with Crippen molar-refractivity contribution in [2.75, 3.05) is 0 Å². The van der Waals surface area contributed by atoms with Crippen LogP contribution in [0.15, 0.2) is 57.5 Å². The van der Waals surface area contributed by atoms with E-state index in [1.54, 1.807) is 0 Å². The van der Waals surface area contributed by atoms with Gasteiger partial charge in [-0.2, -0.15) is 0 Å². The van der Waals surface area contributed by atoms with E-state index in [1.807, 2.05) is 31.4 Å². The minimum Gasteiger partial charge on any atom is -0.0777 e. The van der Waals surface area contributed by atoms with Crippen LogP contribution in [0.2, 0.25) is 0 Å². The summed E-state index contributed by atoms with van der Waals surface area (Å²) in [7, 11) is 5.64. The lowest BCUT2D eigenvalue weighted by molar-refractivity contribution is 1.41. The number of hydrogen-bond donors (Lipinski definition) is 0. The van der Waals surface area contributed by atoms with E-state index in [-0.39, 0.29) is 0 Å². The van der Waals surface area contributed by atoms with E-state index in [4.69, 9.17) is 0 Å². The maximum atomic E-state index is 3.45. The van der Waals surface area contributed by atoms with Gasteiger partial charge in [0.05, 0.1) is 0 Å². The van der Waals surface area contributed by atoms with Crippen molar-refractivity contribution in [2.45, 2.75) is 11.5 Å². The van der Waals surface area contributed by atoms with E-state index in [0.717, 1.165) is 20.5 Å². The zero-order valence-electron chi connectivity index (χ0n) is 10.0. The summed E-state index contributed by atoms with van der Waals surface area (Å²) >= 11 is 6.90. The van der Waals surface area contributed by atoms with Gasteiger partial charge in [-0.1, -0.05) is 77.7 Å². The fourth-order valence-corrected chi connectivity index (χ4v) is 5.52. The molecule has 2 rings (SSSR count). The molecule has 0 amide bonds. The molecule has 2 aromatic carbocycles. The molecular formula is C14H12Br2S3. The first-order valence-electron chi connectivity index (χ1n) is 5.64. The van der Waals surface area contributed by atoms with Crippen molar-refractivity contribution in [3.8, 4) is 0 Å². The second kappa shape index (κ2) is 8.67. The first kappa shape index (κ1) is 15.8. The van der Waals surface area contributed by atoms with Crippen LogP contribution in [0.5, 0.6) is 0 Å². The molecule has 0 atom stereocenters. The lowest BCUT2D eigenvalue weighted by Crippen LogP contribution is -1.78. The third kappa shape index (κ3) is 6.17. The predicted molar refractivity (Wildman–Crippen MR) is 98.5 cm³/mol. The summed E-state index contributed by atoms with van der Waals surface area (Å²) in [4.78, 5) is 0. The van der Waals surface area contributed by atoms with Crippen molar-refractivity contribution in [1.29, 1.82) is 0 Å². The highest BCUT2D eigenvalue weighted by Gasteiger charge is 1.97. The fraction of sp³-hybridized carbons (Fsp3) is 0.143. The van der Waals surface area contributed by atoms with Gasteiger partial charge < -0.3 is 0 Å². The molecule has 0 aliphatic rings. The first-order chi connectivity index (χ1) is 9.24. The minimum absolute atomic E-state index is 1.05. The largest absolute Gasteiger partial charge is 0.0777 e. The van der Waals surface area contributed by atoms with Crippen molar-refractivity contribution in [1.82, 2.24) is 0 Å². The van der Waals surface area contributed by atoms with E-state index < -0.39 is 0 Å². The van der Waals surface area contributed by atoms with Gasteiger partial charge in [0.2, 0.25) is 0 Å². The molecule has 0 unspecified atom stereocenters. The molecule has 0 spiro atoms. The van der Waals surface area contributed by atoms with Gasteiger partial charge in [-0.05, 0) is 45.2 Å². The molecule has 0 radical (unpaired) electrons. The molecule has 0 aliphatic heterocycles. The summed E-state index contributed by atoms with van der Waals surface area (Å²) in [5.74, 6) is 2.09. The average Bonchev–Trinajstić information content (AvgIpc) is 2.43. The van der Waals surface area contributed by atoms with E-state index in [2.05, 4.69) is 80.4 Å². The highest BCUT2D eigenvalue weighted by atomic mass is 79.9. The van der Waals surface area contributed by atoms with Crippen molar-refractivity contribution in [3.63, 3.8) is 0 Å². The Hall–Kier alpha value is 0.450. The standard InChI is InChI=1S/C14H12Br2S3/c15-13-5-1-11(2-6-13)9-17-19-18-10-12-3-7-14(16)8-4-12/h1-8H,9-10H2. The van der Waals surface area contributed by atoms with Gasteiger partial charge >= 0.3 is 0 Å². The minimum atomic E-state index is 1.05. The Morgan fingerprint density at radius 2 is 1.00 bits per heavy atom. The summed E-state index contributed by atoms with van der Waals surface area (Å²) in [5.41, 5.74) is 2.73. The fourth-order valence-electron chi connectivity index (χ4n) is 1.38. The van der Waals surface area contributed by atoms with Crippen molar-refractivity contribution >= 4 is 63.3 Å². The monoisotopic (exact) mass is 434 g/mol. The number of hydrogen-bond acceptors (Lipinski definition) is 3. The van der Waals surface area contributed by atoms with Gasteiger partial charge in [0.1, 0.15) is 0 Å². The van der Waals surface area contributed by atoms with Crippen LogP contribution in [0, 0.1) is 0 Å². The van der Waals surface area contributed by atoms with E-state index in [9.17, 15) is 0 Å². The molecule has 0 saturated carbocycles. The van der Waals surface area contributed by atoms with E-state index in [1.165, 1.54) is 11.1 Å². The Morgan fingerprint density at radius 3 is 1.37 bits per heavy atom. The summed E-state index contributed by atoms with van der Waals surface area (Å²) in [6.45, 7) is 0. The molecule has 0 aromatic heterocycles. The molecule has 0 fully saturated rings. The SMILES string of the molecule is Brc1ccc(CSSSCc2ccc(Br)cc2)cc1. The molecule has 2 aromatic rings. The Morgan fingerprint density at radius 1 is 0.632 bits per heavy atom. The van der Waals surface area contributed by atoms with Crippen LogP contribution >= 0.6 is 63.3 Å². The molecule has 0 bridgehead atoms. The van der Waals surface area contributed by atoms with Crippen LogP contribution in [0.25, 0.3) is 0 Å². The Labute approximate surface area is 142 Å². The lowest BCUT2D eigenvalue weighted by atomic mass is 10.2. The smallest absolute Gasteiger partial charge is 0.0296 e. The number of halogens is 2. The summed E-state index contributed by atoms with van der Waals surface area (Å²) < 4.78 is 2.28.